The van der Waals surface area contributed by atoms with Crippen molar-refractivity contribution in [2.24, 2.45) is 10.9 Å². The van der Waals surface area contributed by atoms with Crippen LogP contribution in [0.5, 0.6) is 0 Å². The van der Waals surface area contributed by atoms with Crippen LogP contribution in [-0.2, 0) is 9.59 Å². The van der Waals surface area contributed by atoms with Crippen LogP contribution in [0, 0.1) is 5.92 Å². The number of guanidine groups is 1. The summed E-state index contributed by atoms with van der Waals surface area (Å²) in [5.41, 5.74) is 0. The van der Waals surface area contributed by atoms with E-state index in [1.807, 2.05) is 11.8 Å². The Balaban J connectivity index is 1.75. The van der Waals surface area contributed by atoms with Crippen LogP contribution in [0.2, 0.25) is 0 Å². The fourth-order valence-electron chi connectivity index (χ4n) is 3.51. The van der Waals surface area contributed by atoms with Crippen LogP contribution in [0.4, 0.5) is 0 Å². The molecule has 1 saturated carbocycles. The summed E-state index contributed by atoms with van der Waals surface area (Å²) in [4.78, 5) is 32.3. The molecule has 1 aliphatic heterocycles. The van der Waals surface area contributed by atoms with Crippen molar-refractivity contribution in [2.45, 2.75) is 46.0 Å². The average Bonchev–Trinajstić information content (AvgIpc) is 2.65. The Kier molecular flexibility index (Phi) is 8.01. The first-order valence-electron chi connectivity index (χ1n) is 9.68. The molecule has 2 aliphatic rings. The Hall–Kier alpha value is -1.79. The number of hydrogen-bond acceptors (Lipinski definition) is 3. The van der Waals surface area contributed by atoms with Crippen LogP contribution < -0.4 is 10.6 Å². The zero-order chi connectivity index (χ0) is 18.1. The SMILES string of the molecule is CCNC(=NCCNC(=O)C1CCCCC1)N1CCN(C(C)=O)CC1. The number of amides is 2. The van der Waals surface area contributed by atoms with Gasteiger partial charge in [0.25, 0.3) is 0 Å². The molecule has 0 bridgehead atoms. The van der Waals surface area contributed by atoms with E-state index in [0.717, 1.165) is 51.5 Å². The first-order valence-corrected chi connectivity index (χ1v) is 9.68. The number of nitrogens with zero attached hydrogens (tertiary/aromatic N) is 3. The molecule has 25 heavy (non-hydrogen) atoms. The minimum Gasteiger partial charge on any atom is -0.357 e. The number of rotatable bonds is 5. The Morgan fingerprint density at radius 3 is 2.24 bits per heavy atom. The Labute approximate surface area is 151 Å². The summed E-state index contributed by atoms with van der Waals surface area (Å²) in [7, 11) is 0. The fourth-order valence-corrected chi connectivity index (χ4v) is 3.51. The minimum absolute atomic E-state index is 0.131. The van der Waals surface area contributed by atoms with Crippen molar-refractivity contribution in [1.29, 1.82) is 0 Å². The van der Waals surface area contributed by atoms with E-state index < -0.39 is 0 Å². The van der Waals surface area contributed by atoms with Gasteiger partial charge in [0.15, 0.2) is 5.96 Å². The lowest BCUT2D eigenvalue weighted by molar-refractivity contribution is -0.130. The van der Waals surface area contributed by atoms with Crippen LogP contribution in [0.15, 0.2) is 4.99 Å². The van der Waals surface area contributed by atoms with Crippen molar-refractivity contribution in [3.8, 4) is 0 Å². The maximum absolute atomic E-state index is 12.1. The number of carbonyl (C=O) groups excluding carboxylic acids is 2. The highest BCUT2D eigenvalue weighted by molar-refractivity contribution is 5.81. The lowest BCUT2D eigenvalue weighted by Crippen LogP contribution is -2.53. The van der Waals surface area contributed by atoms with Crippen LogP contribution in [0.1, 0.15) is 46.0 Å². The van der Waals surface area contributed by atoms with E-state index in [-0.39, 0.29) is 17.7 Å². The Morgan fingerprint density at radius 1 is 1.00 bits per heavy atom. The third-order valence-corrected chi connectivity index (χ3v) is 5.01. The molecular formula is C18H33N5O2. The van der Waals surface area contributed by atoms with Gasteiger partial charge in [-0.25, -0.2) is 0 Å². The van der Waals surface area contributed by atoms with Gasteiger partial charge in [-0.15, -0.1) is 0 Å². The Bertz CT molecular complexity index is 466. The highest BCUT2D eigenvalue weighted by Gasteiger charge is 2.22. The largest absolute Gasteiger partial charge is 0.357 e. The van der Waals surface area contributed by atoms with Crippen molar-refractivity contribution in [1.82, 2.24) is 20.4 Å². The summed E-state index contributed by atoms with van der Waals surface area (Å²) in [5, 5.41) is 6.34. The van der Waals surface area contributed by atoms with Crippen LogP contribution >= 0.6 is 0 Å². The van der Waals surface area contributed by atoms with Gasteiger partial charge in [0.1, 0.15) is 0 Å². The zero-order valence-corrected chi connectivity index (χ0v) is 15.7. The highest BCUT2D eigenvalue weighted by Crippen LogP contribution is 2.23. The van der Waals surface area contributed by atoms with Gasteiger partial charge in [0.05, 0.1) is 6.54 Å². The number of aliphatic imine (C=N–C) groups is 1. The minimum atomic E-state index is 0.131. The van der Waals surface area contributed by atoms with Gasteiger partial charge in [-0.3, -0.25) is 14.6 Å². The normalized spacial score (nSPS) is 19.7. The molecule has 0 spiro atoms. The number of piperazine rings is 1. The van der Waals surface area contributed by atoms with E-state index in [9.17, 15) is 9.59 Å². The Morgan fingerprint density at radius 2 is 1.64 bits per heavy atom. The molecule has 0 aromatic rings. The standard InChI is InChI=1S/C18H33N5O2/c1-3-19-18(23-13-11-22(12-14-23)15(2)24)21-10-9-20-17(25)16-7-5-4-6-8-16/h16H,3-14H2,1-2H3,(H,19,21)(H,20,25). The molecule has 0 atom stereocenters. The predicted octanol–water partition coefficient (Wildman–Crippen LogP) is 0.813. The third kappa shape index (κ3) is 6.21. The maximum atomic E-state index is 12.1. The van der Waals surface area contributed by atoms with Crippen LogP contribution in [0.25, 0.3) is 0 Å². The molecule has 2 rings (SSSR count). The third-order valence-electron chi connectivity index (χ3n) is 5.01. The van der Waals surface area contributed by atoms with Gasteiger partial charge in [-0.05, 0) is 19.8 Å². The van der Waals surface area contributed by atoms with Crippen molar-refractivity contribution >= 4 is 17.8 Å². The van der Waals surface area contributed by atoms with Gasteiger partial charge in [-0.2, -0.15) is 0 Å². The number of nitrogens with one attached hydrogen (secondary N) is 2. The smallest absolute Gasteiger partial charge is 0.223 e. The second kappa shape index (κ2) is 10.3. The number of hydrogen-bond donors (Lipinski definition) is 2. The lowest BCUT2D eigenvalue weighted by Gasteiger charge is -2.36. The fraction of sp³-hybridized carbons (Fsp3) is 0.833. The van der Waals surface area contributed by atoms with Gasteiger partial charge < -0.3 is 20.4 Å². The molecule has 1 aliphatic carbocycles. The summed E-state index contributed by atoms with van der Waals surface area (Å²) >= 11 is 0. The first-order chi connectivity index (χ1) is 12.1. The van der Waals surface area contributed by atoms with E-state index in [1.54, 1.807) is 6.92 Å². The second-order valence-electron chi connectivity index (χ2n) is 6.85. The molecule has 0 unspecified atom stereocenters. The maximum Gasteiger partial charge on any atom is 0.223 e. The quantitative estimate of drug-likeness (QED) is 0.437. The van der Waals surface area contributed by atoms with E-state index in [4.69, 9.17) is 0 Å². The summed E-state index contributed by atoms with van der Waals surface area (Å²) in [6.07, 6.45) is 5.66. The van der Waals surface area contributed by atoms with Crippen molar-refractivity contribution in [3.63, 3.8) is 0 Å². The average molecular weight is 351 g/mol. The molecular weight excluding hydrogens is 318 g/mol. The van der Waals surface area contributed by atoms with E-state index in [0.29, 0.717) is 13.1 Å². The van der Waals surface area contributed by atoms with Gasteiger partial charge in [-0.1, -0.05) is 19.3 Å². The molecule has 7 nitrogen and oxygen atoms in total. The predicted molar refractivity (Wildman–Crippen MR) is 99.4 cm³/mol. The summed E-state index contributed by atoms with van der Waals surface area (Å²) in [5.74, 6) is 1.39. The molecule has 1 heterocycles. The van der Waals surface area contributed by atoms with Gasteiger partial charge >= 0.3 is 0 Å². The van der Waals surface area contributed by atoms with E-state index in [1.165, 1.54) is 19.3 Å². The van der Waals surface area contributed by atoms with Crippen molar-refractivity contribution < 1.29 is 9.59 Å². The summed E-state index contributed by atoms with van der Waals surface area (Å²) < 4.78 is 0. The van der Waals surface area contributed by atoms with Crippen molar-refractivity contribution in [3.05, 3.63) is 0 Å². The molecule has 2 amide bonds. The second-order valence-corrected chi connectivity index (χ2v) is 6.85. The summed E-state index contributed by atoms with van der Waals surface area (Å²) in [6.45, 7) is 8.68. The molecule has 1 saturated heterocycles. The highest BCUT2D eigenvalue weighted by atomic mass is 16.2. The van der Waals surface area contributed by atoms with Gasteiger partial charge in [0.2, 0.25) is 11.8 Å². The first kappa shape index (κ1) is 19.5. The van der Waals surface area contributed by atoms with Crippen molar-refractivity contribution in [2.75, 3.05) is 45.8 Å². The molecule has 2 N–H and O–H groups in total. The number of carbonyl (C=O) groups is 2. The molecule has 0 radical (unpaired) electrons. The lowest BCUT2D eigenvalue weighted by atomic mass is 9.89. The zero-order valence-electron chi connectivity index (χ0n) is 15.7. The molecule has 2 fully saturated rings. The molecule has 0 aromatic heterocycles. The van der Waals surface area contributed by atoms with E-state index >= 15 is 0 Å². The van der Waals surface area contributed by atoms with Crippen LogP contribution in [0.3, 0.4) is 0 Å². The van der Waals surface area contributed by atoms with Gasteiger partial charge in [0, 0.05) is 52.1 Å². The molecule has 142 valence electrons. The summed E-state index contributed by atoms with van der Waals surface area (Å²) in [6, 6.07) is 0. The topological polar surface area (TPSA) is 77.0 Å². The molecule has 7 heteroatoms. The monoisotopic (exact) mass is 351 g/mol. The molecule has 0 aromatic carbocycles. The van der Waals surface area contributed by atoms with E-state index in [2.05, 4.69) is 20.5 Å². The van der Waals surface area contributed by atoms with Crippen LogP contribution in [-0.4, -0.2) is 73.4 Å².